The third-order valence-electron chi connectivity index (χ3n) is 1.35. The fourth-order valence-corrected chi connectivity index (χ4v) is 0.775. The van der Waals surface area contributed by atoms with Crippen molar-refractivity contribution >= 4 is 12.1 Å². The quantitative estimate of drug-likeness (QED) is 0.583. The van der Waals surface area contributed by atoms with E-state index < -0.39 is 12.5 Å². The second kappa shape index (κ2) is 3.43. The van der Waals surface area contributed by atoms with Crippen molar-refractivity contribution in [2.75, 3.05) is 14.2 Å². The van der Waals surface area contributed by atoms with Crippen LogP contribution in [0.5, 0.6) is 0 Å². The van der Waals surface area contributed by atoms with Gasteiger partial charge in [-0.15, -0.1) is 0 Å². The number of methoxy groups -OCH3 is 1. The highest BCUT2D eigenvalue weighted by Gasteiger charge is 2.20. The zero-order valence-corrected chi connectivity index (χ0v) is 6.41. The summed E-state index contributed by atoms with van der Waals surface area (Å²) in [6.07, 6.45) is -0.556. The smallest absolute Gasteiger partial charge is 0.225 e. The van der Waals surface area contributed by atoms with E-state index in [4.69, 9.17) is 4.74 Å². The monoisotopic (exact) mass is 159 g/mol. The van der Waals surface area contributed by atoms with Crippen molar-refractivity contribution < 1.29 is 9.13 Å². The average molecular weight is 159 g/mol. The SMILES string of the molecule is CN=C1NC(OC)N=CC1F. The molecule has 1 N–H and O–H groups in total. The van der Waals surface area contributed by atoms with Crippen LogP contribution in [0.4, 0.5) is 4.39 Å². The van der Waals surface area contributed by atoms with Crippen LogP contribution in [0.15, 0.2) is 9.98 Å². The van der Waals surface area contributed by atoms with Crippen LogP contribution in [0, 0.1) is 0 Å². The molecule has 0 aromatic rings. The molecule has 0 amide bonds. The Morgan fingerprint density at radius 1 is 1.82 bits per heavy atom. The molecule has 0 spiro atoms. The maximum atomic E-state index is 12.8. The first-order valence-electron chi connectivity index (χ1n) is 3.21. The van der Waals surface area contributed by atoms with Crippen LogP contribution >= 0.6 is 0 Å². The Hall–Kier alpha value is -0.970. The van der Waals surface area contributed by atoms with Gasteiger partial charge < -0.3 is 10.1 Å². The van der Waals surface area contributed by atoms with E-state index in [1.54, 1.807) is 0 Å². The molecule has 0 radical (unpaired) electrons. The van der Waals surface area contributed by atoms with Crippen LogP contribution in [0.25, 0.3) is 0 Å². The number of hydrogen-bond acceptors (Lipinski definition) is 3. The predicted octanol–water partition coefficient (Wildman–Crippen LogP) is -0.0432. The Bertz CT molecular complexity index is 192. The van der Waals surface area contributed by atoms with E-state index in [9.17, 15) is 4.39 Å². The van der Waals surface area contributed by atoms with Gasteiger partial charge in [-0.1, -0.05) is 0 Å². The minimum absolute atomic E-state index is 0.256. The average Bonchev–Trinajstić information content (AvgIpc) is 2.05. The van der Waals surface area contributed by atoms with E-state index in [2.05, 4.69) is 15.3 Å². The Morgan fingerprint density at radius 2 is 2.55 bits per heavy atom. The minimum atomic E-state index is -1.23. The molecule has 0 bridgehead atoms. The summed E-state index contributed by atoms with van der Waals surface area (Å²) in [5.41, 5.74) is 0. The molecule has 5 heteroatoms. The Kier molecular flexibility index (Phi) is 2.53. The first kappa shape index (κ1) is 8.13. The van der Waals surface area contributed by atoms with Crippen molar-refractivity contribution in [1.29, 1.82) is 0 Å². The standard InChI is InChI=1S/C6H10FN3O/c1-8-5-4(7)3-9-6(10-5)11-2/h3-4,6H,1-2H3,(H,8,10). The Balaban J connectivity index is 2.67. The number of halogens is 1. The molecule has 62 valence electrons. The summed E-state index contributed by atoms with van der Waals surface area (Å²) in [5, 5.41) is 2.66. The van der Waals surface area contributed by atoms with E-state index in [1.807, 2.05) is 0 Å². The minimum Gasteiger partial charge on any atom is -0.343 e. The largest absolute Gasteiger partial charge is 0.343 e. The summed E-state index contributed by atoms with van der Waals surface area (Å²) in [6, 6.07) is 0. The lowest BCUT2D eigenvalue weighted by atomic mass is 10.3. The second-order valence-electron chi connectivity index (χ2n) is 2.04. The van der Waals surface area contributed by atoms with Crippen LogP contribution < -0.4 is 5.32 Å². The molecule has 4 nitrogen and oxygen atoms in total. The maximum Gasteiger partial charge on any atom is 0.225 e. The van der Waals surface area contributed by atoms with Crippen molar-refractivity contribution in [3.05, 3.63) is 0 Å². The molecule has 1 heterocycles. The predicted molar refractivity (Wildman–Crippen MR) is 40.7 cm³/mol. The number of hydrogen-bond donors (Lipinski definition) is 1. The fourth-order valence-electron chi connectivity index (χ4n) is 0.775. The molecular formula is C6H10FN3O. The Morgan fingerprint density at radius 3 is 3.09 bits per heavy atom. The number of nitrogens with one attached hydrogen (secondary N) is 1. The van der Waals surface area contributed by atoms with Crippen molar-refractivity contribution in [3.63, 3.8) is 0 Å². The lowest BCUT2D eigenvalue weighted by Gasteiger charge is -2.20. The molecule has 0 aliphatic carbocycles. The summed E-state index contributed by atoms with van der Waals surface area (Å²) in [5.74, 6) is 0.256. The normalized spacial score (nSPS) is 33.9. The van der Waals surface area contributed by atoms with Gasteiger partial charge >= 0.3 is 0 Å². The number of ether oxygens (including phenoxy) is 1. The van der Waals surface area contributed by atoms with Gasteiger partial charge in [0.2, 0.25) is 6.35 Å². The summed E-state index contributed by atoms with van der Waals surface area (Å²) >= 11 is 0. The summed E-state index contributed by atoms with van der Waals surface area (Å²) in [4.78, 5) is 7.40. The number of nitrogens with zero attached hydrogens (tertiary/aromatic N) is 2. The van der Waals surface area contributed by atoms with Gasteiger partial charge in [0.1, 0.15) is 5.84 Å². The number of aliphatic imine (C=N–C) groups is 2. The highest BCUT2D eigenvalue weighted by Crippen LogP contribution is 2.00. The van der Waals surface area contributed by atoms with Gasteiger partial charge in [-0.05, 0) is 0 Å². The van der Waals surface area contributed by atoms with Crippen molar-refractivity contribution in [2.45, 2.75) is 12.5 Å². The van der Waals surface area contributed by atoms with Crippen LogP contribution in [-0.4, -0.2) is 38.7 Å². The van der Waals surface area contributed by atoms with Crippen LogP contribution in [0.3, 0.4) is 0 Å². The van der Waals surface area contributed by atoms with E-state index in [0.717, 1.165) is 0 Å². The second-order valence-corrected chi connectivity index (χ2v) is 2.04. The van der Waals surface area contributed by atoms with E-state index in [0.29, 0.717) is 0 Å². The number of alkyl halides is 1. The van der Waals surface area contributed by atoms with Crippen molar-refractivity contribution in [3.8, 4) is 0 Å². The van der Waals surface area contributed by atoms with E-state index in [1.165, 1.54) is 20.4 Å². The number of amidine groups is 1. The number of rotatable bonds is 1. The molecule has 11 heavy (non-hydrogen) atoms. The lowest BCUT2D eigenvalue weighted by molar-refractivity contribution is 0.0947. The zero-order chi connectivity index (χ0) is 8.27. The highest BCUT2D eigenvalue weighted by atomic mass is 19.1. The molecule has 0 aromatic heterocycles. The maximum absolute atomic E-state index is 12.8. The molecule has 1 aliphatic rings. The molecule has 0 saturated heterocycles. The van der Waals surface area contributed by atoms with Gasteiger partial charge in [0, 0.05) is 20.4 Å². The van der Waals surface area contributed by atoms with Crippen molar-refractivity contribution in [1.82, 2.24) is 5.32 Å². The van der Waals surface area contributed by atoms with Crippen LogP contribution in [0.1, 0.15) is 0 Å². The first-order chi connectivity index (χ1) is 5.27. The van der Waals surface area contributed by atoms with E-state index in [-0.39, 0.29) is 5.84 Å². The van der Waals surface area contributed by atoms with Gasteiger partial charge in [-0.25, -0.2) is 9.38 Å². The molecule has 2 unspecified atom stereocenters. The fraction of sp³-hybridized carbons (Fsp3) is 0.667. The molecular weight excluding hydrogens is 149 g/mol. The van der Waals surface area contributed by atoms with Gasteiger partial charge in [0.25, 0.3) is 0 Å². The van der Waals surface area contributed by atoms with Gasteiger partial charge in [0.05, 0.1) is 0 Å². The first-order valence-corrected chi connectivity index (χ1v) is 3.21. The summed E-state index contributed by atoms with van der Waals surface area (Å²) in [6.45, 7) is 0. The summed E-state index contributed by atoms with van der Waals surface area (Å²) < 4.78 is 17.6. The van der Waals surface area contributed by atoms with E-state index >= 15 is 0 Å². The van der Waals surface area contributed by atoms with Gasteiger partial charge in [0.15, 0.2) is 6.17 Å². The molecule has 1 rings (SSSR count). The zero-order valence-electron chi connectivity index (χ0n) is 6.41. The molecule has 1 aliphatic heterocycles. The topological polar surface area (TPSA) is 46.0 Å². The molecule has 2 atom stereocenters. The Labute approximate surface area is 64.2 Å². The van der Waals surface area contributed by atoms with Gasteiger partial charge in [-0.3, -0.25) is 4.99 Å². The molecule has 0 aromatic carbocycles. The van der Waals surface area contributed by atoms with Crippen molar-refractivity contribution in [2.24, 2.45) is 9.98 Å². The third kappa shape index (κ3) is 1.74. The third-order valence-corrected chi connectivity index (χ3v) is 1.35. The van der Waals surface area contributed by atoms with Crippen LogP contribution in [-0.2, 0) is 4.74 Å². The highest BCUT2D eigenvalue weighted by molar-refractivity contribution is 6.01. The lowest BCUT2D eigenvalue weighted by Crippen LogP contribution is -2.44. The van der Waals surface area contributed by atoms with Gasteiger partial charge in [-0.2, -0.15) is 0 Å². The molecule has 0 saturated carbocycles. The summed E-state index contributed by atoms with van der Waals surface area (Å²) in [7, 11) is 3.00. The molecule has 0 fully saturated rings. The van der Waals surface area contributed by atoms with Crippen LogP contribution in [0.2, 0.25) is 0 Å².